The lowest BCUT2D eigenvalue weighted by Gasteiger charge is -2.20. The van der Waals surface area contributed by atoms with Gasteiger partial charge in [0, 0.05) is 31.7 Å². The number of carbonyl (C=O) groups excluding carboxylic acids is 2. The number of carbonyl (C=O) groups is 2. The van der Waals surface area contributed by atoms with Crippen molar-refractivity contribution in [1.29, 1.82) is 0 Å². The molecular weight excluding hydrogens is 278 g/mol. The van der Waals surface area contributed by atoms with Crippen LogP contribution in [0.15, 0.2) is 24.3 Å². The molecule has 5 heteroatoms. The fourth-order valence-corrected chi connectivity index (χ4v) is 1.96. The molecule has 0 aromatic heterocycles. The van der Waals surface area contributed by atoms with Crippen molar-refractivity contribution in [3.63, 3.8) is 0 Å². The predicted molar refractivity (Wildman–Crippen MR) is 89.8 cm³/mol. The Labute approximate surface area is 133 Å². The minimum atomic E-state index is -0.229. The zero-order chi connectivity index (χ0) is 16.8. The third-order valence-corrected chi connectivity index (χ3v) is 3.02. The molecule has 0 spiro atoms. The Morgan fingerprint density at radius 2 is 1.86 bits per heavy atom. The smallest absolute Gasteiger partial charge is 0.239 e. The van der Waals surface area contributed by atoms with Crippen LogP contribution in [0.3, 0.4) is 0 Å². The van der Waals surface area contributed by atoms with Crippen LogP contribution >= 0.6 is 0 Å². The molecule has 0 aliphatic heterocycles. The SMILES string of the molecule is CN(C)C(=O)CCc1cccc(NCC(=O)NC(C)(C)C)c1. The Balaban J connectivity index is 2.50. The summed E-state index contributed by atoms with van der Waals surface area (Å²) in [6.45, 7) is 6.09. The molecule has 0 aliphatic carbocycles. The molecule has 0 radical (unpaired) electrons. The van der Waals surface area contributed by atoms with Crippen LogP contribution in [0.25, 0.3) is 0 Å². The molecular formula is C17H27N3O2. The molecule has 22 heavy (non-hydrogen) atoms. The highest BCUT2D eigenvalue weighted by atomic mass is 16.2. The van der Waals surface area contributed by atoms with Crippen LogP contribution in [0.2, 0.25) is 0 Å². The van der Waals surface area contributed by atoms with E-state index in [4.69, 9.17) is 0 Å². The van der Waals surface area contributed by atoms with Crippen LogP contribution in [0.5, 0.6) is 0 Å². The zero-order valence-corrected chi connectivity index (χ0v) is 14.2. The Bertz CT molecular complexity index is 519. The fourth-order valence-electron chi connectivity index (χ4n) is 1.96. The molecule has 1 rings (SSSR count). The largest absolute Gasteiger partial charge is 0.376 e. The number of nitrogens with one attached hydrogen (secondary N) is 2. The molecule has 2 amide bonds. The van der Waals surface area contributed by atoms with E-state index in [0.717, 1.165) is 11.3 Å². The summed E-state index contributed by atoms with van der Waals surface area (Å²) in [5, 5.41) is 6.02. The van der Waals surface area contributed by atoms with Gasteiger partial charge >= 0.3 is 0 Å². The van der Waals surface area contributed by atoms with Gasteiger partial charge in [-0.3, -0.25) is 9.59 Å². The highest BCUT2D eigenvalue weighted by Crippen LogP contribution is 2.12. The molecule has 0 aliphatic rings. The number of amides is 2. The lowest BCUT2D eigenvalue weighted by Crippen LogP contribution is -2.43. The minimum absolute atomic E-state index is 0.0410. The van der Waals surface area contributed by atoms with Crippen molar-refractivity contribution in [3.8, 4) is 0 Å². The monoisotopic (exact) mass is 305 g/mol. The van der Waals surface area contributed by atoms with E-state index in [-0.39, 0.29) is 23.9 Å². The maximum absolute atomic E-state index is 11.8. The van der Waals surface area contributed by atoms with Gasteiger partial charge in [0.1, 0.15) is 0 Å². The van der Waals surface area contributed by atoms with E-state index >= 15 is 0 Å². The van der Waals surface area contributed by atoms with Crippen LogP contribution in [0.1, 0.15) is 32.8 Å². The van der Waals surface area contributed by atoms with E-state index in [1.165, 1.54) is 0 Å². The first-order valence-electron chi connectivity index (χ1n) is 7.51. The van der Waals surface area contributed by atoms with Crippen molar-refractivity contribution in [2.24, 2.45) is 0 Å². The van der Waals surface area contributed by atoms with Crippen LogP contribution in [-0.2, 0) is 16.0 Å². The quantitative estimate of drug-likeness (QED) is 0.845. The molecule has 122 valence electrons. The molecule has 0 fully saturated rings. The maximum Gasteiger partial charge on any atom is 0.239 e. The first-order valence-corrected chi connectivity index (χ1v) is 7.51. The van der Waals surface area contributed by atoms with Gasteiger partial charge in [0.05, 0.1) is 6.54 Å². The Morgan fingerprint density at radius 3 is 2.45 bits per heavy atom. The first-order chi connectivity index (χ1) is 10.2. The third-order valence-electron chi connectivity index (χ3n) is 3.02. The molecule has 0 bridgehead atoms. The van der Waals surface area contributed by atoms with Crippen LogP contribution in [0.4, 0.5) is 5.69 Å². The molecule has 1 aromatic carbocycles. The number of hydrogen-bond acceptors (Lipinski definition) is 3. The summed E-state index contributed by atoms with van der Waals surface area (Å²) < 4.78 is 0. The summed E-state index contributed by atoms with van der Waals surface area (Å²) in [6, 6.07) is 7.82. The predicted octanol–water partition coefficient (Wildman–Crippen LogP) is 2.03. The van der Waals surface area contributed by atoms with Crippen molar-refractivity contribution < 1.29 is 9.59 Å². The van der Waals surface area contributed by atoms with Crippen molar-refractivity contribution in [2.75, 3.05) is 26.0 Å². The number of anilines is 1. The molecule has 0 unspecified atom stereocenters. The second-order valence-electron chi connectivity index (χ2n) is 6.64. The first kappa shape index (κ1) is 18.0. The summed E-state index contributed by atoms with van der Waals surface area (Å²) in [5.41, 5.74) is 1.74. The van der Waals surface area contributed by atoms with Gasteiger partial charge in [0.2, 0.25) is 11.8 Å². The van der Waals surface area contributed by atoms with E-state index < -0.39 is 0 Å². The Hall–Kier alpha value is -2.04. The molecule has 0 atom stereocenters. The van der Waals surface area contributed by atoms with Gasteiger partial charge in [-0.05, 0) is 44.9 Å². The van der Waals surface area contributed by atoms with Gasteiger partial charge in [0.25, 0.3) is 0 Å². The topological polar surface area (TPSA) is 61.4 Å². The standard InChI is InChI=1S/C17H27N3O2/c1-17(2,3)19-15(21)12-18-14-8-6-7-13(11-14)9-10-16(22)20(4)5/h6-8,11,18H,9-10,12H2,1-5H3,(H,19,21). The van der Waals surface area contributed by atoms with Gasteiger partial charge in [-0.2, -0.15) is 0 Å². The van der Waals surface area contributed by atoms with Crippen molar-refractivity contribution in [2.45, 2.75) is 39.2 Å². The molecule has 0 heterocycles. The average Bonchev–Trinajstić information content (AvgIpc) is 2.41. The molecule has 2 N–H and O–H groups in total. The Kier molecular flexibility index (Phi) is 6.40. The minimum Gasteiger partial charge on any atom is -0.376 e. The van der Waals surface area contributed by atoms with Crippen molar-refractivity contribution >= 4 is 17.5 Å². The number of benzene rings is 1. The third kappa shape index (κ3) is 7.11. The lowest BCUT2D eigenvalue weighted by molar-refractivity contribution is -0.128. The van der Waals surface area contributed by atoms with Gasteiger partial charge in [-0.15, -0.1) is 0 Å². The second-order valence-corrected chi connectivity index (χ2v) is 6.64. The Morgan fingerprint density at radius 1 is 1.18 bits per heavy atom. The van der Waals surface area contributed by atoms with E-state index in [0.29, 0.717) is 12.8 Å². The van der Waals surface area contributed by atoms with Crippen LogP contribution in [0, 0.1) is 0 Å². The maximum atomic E-state index is 11.8. The molecule has 5 nitrogen and oxygen atoms in total. The number of rotatable bonds is 6. The van der Waals surface area contributed by atoms with Crippen molar-refractivity contribution in [3.05, 3.63) is 29.8 Å². The zero-order valence-electron chi connectivity index (χ0n) is 14.2. The van der Waals surface area contributed by atoms with E-state index in [1.807, 2.05) is 45.0 Å². The van der Waals surface area contributed by atoms with Gasteiger partial charge in [-0.25, -0.2) is 0 Å². The average molecular weight is 305 g/mol. The van der Waals surface area contributed by atoms with Crippen LogP contribution in [-0.4, -0.2) is 42.9 Å². The van der Waals surface area contributed by atoms with Gasteiger partial charge in [0.15, 0.2) is 0 Å². The fraction of sp³-hybridized carbons (Fsp3) is 0.529. The van der Waals surface area contributed by atoms with Gasteiger partial charge in [-0.1, -0.05) is 12.1 Å². The highest BCUT2D eigenvalue weighted by molar-refractivity contribution is 5.81. The normalized spacial score (nSPS) is 11.0. The summed E-state index contributed by atoms with van der Waals surface area (Å²) in [7, 11) is 3.52. The lowest BCUT2D eigenvalue weighted by atomic mass is 10.1. The summed E-state index contributed by atoms with van der Waals surface area (Å²) >= 11 is 0. The number of hydrogen-bond donors (Lipinski definition) is 2. The second kappa shape index (κ2) is 7.82. The van der Waals surface area contributed by atoms with E-state index in [9.17, 15) is 9.59 Å². The molecule has 0 saturated heterocycles. The summed E-state index contributed by atoms with van der Waals surface area (Å²) in [5.74, 6) is 0.0728. The molecule has 1 aromatic rings. The summed E-state index contributed by atoms with van der Waals surface area (Å²) in [6.07, 6.45) is 1.18. The van der Waals surface area contributed by atoms with Crippen LogP contribution < -0.4 is 10.6 Å². The number of nitrogens with zero attached hydrogens (tertiary/aromatic N) is 1. The molecule has 0 saturated carbocycles. The van der Waals surface area contributed by atoms with E-state index in [1.54, 1.807) is 19.0 Å². The van der Waals surface area contributed by atoms with E-state index in [2.05, 4.69) is 10.6 Å². The highest BCUT2D eigenvalue weighted by Gasteiger charge is 2.13. The van der Waals surface area contributed by atoms with Crippen molar-refractivity contribution in [1.82, 2.24) is 10.2 Å². The van der Waals surface area contributed by atoms with Gasteiger partial charge < -0.3 is 15.5 Å². The summed E-state index contributed by atoms with van der Waals surface area (Å²) in [4.78, 5) is 25.0. The number of aryl methyl sites for hydroxylation is 1.